The van der Waals surface area contributed by atoms with E-state index in [1.807, 2.05) is 60.7 Å². The maximum Gasteiger partial charge on any atom is 0.280 e. The summed E-state index contributed by atoms with van der Waals surface area (Å²) >= 11 is 6.29. The van der Waals surface area contributed by atoms with Gasteiger partial charge in [0.05, 0.1) is 16.4 Å². The van der Waals surface area contributed by atoms with Gasteiger partial charge in [-0.2, -0.15) is 5.10 Å². The molecule has 1 amide bonds. The summed E-state index contributed by atoms with van der Waals surface area (Å²) in [6, 6.07) is 23.2. The Morgan fingerprint density at radius 1 is 0.941 bits per heavy atom. The highest BCUT2D eigenvalue weighted by Gasteiger charge is 2.25. The van der Waals surface area contributed by atoms with Crippen LogP contribution in [0.15, 0.2) is 83.7 Å². The first-order chi connectivity index (χ1) is 16.4. The van der Waals surface area contributed by atoms with Gasteiger partial charge in [-0.1, -0.05) is 72.3 Å². The number of nitrogens with one attached hydrogen (secondary N) is 1. The van der Waals surface area contributed by atoms with Gasteiger partial charge in [-0.15, -0.1) is 0 Å². The fraction of sp³-hybridized carbons (Fsp3) is 0.111. The smallest absolute Gasteiger partial charge is 0.280 e. The average molecular weight is 472 g/mol. The van der Waals surface area contributed by atoms with E-state index in [1.165, 1.54) is 23.7 Å². The molecule has 0 unspecified atom stereocenters. The lowest BCUT2D eigenvalue weighted by Crippen LogP contribution is -2.32. The normalized spacial score (nSPS) is 10.7. The number of aromatic nitrogens is 2. The van der Waals surface area contributed by atoms with Gasteiger partial charge in [-0.25, -0.2) is 4.68 Å². The number of rotatable bonds is 6. The van der Waals surface area contributed by atoms with Crippen LogP contribution in [0.3, 0.4) is 0 Å². The number of halogens is 1. The van der Waals surface area contributed by atoms with Crippen LogP contribution in [0.4, 0.5) is 5.69 Å². The Kier molecular flexibility index (Phi) is 6.70. The molecule has 0 fully saturated rings. The molecule has 0 aliphatic rings. The SMILES string of the molecule is CCn1nc(-c2ccccc2)c(-c2ccccc2)c(C(=O)Nc2cc(C(C)=O)ccc2Cl)c1=O. The van der Waals surface area contributed by atoms with E-state index in [4.69, 9.17) is 11.6 Å². The monoisotopic (exact) mass is 471 g/mol. The van der Waals surface area contributed by atoms with Gasteiger partial charge in [-0.05, 0) is 37.6 Å². The van der Waals surface area contributed by atoms with E-state index in [-0.39, 0.29) is 28.6 Å². The third kappa shape index (κ3) is 4.54. The maximum atomic E-state index is 13.6. The molecular weight excluding hydrogens is 450 g/mol. The number of benzene rings is 3. The molecule has 1 heterocycles. The highest BCUT2D eigenvalue weighted by atomic mass is 35.5. The van der Waals surface area contributed by atoms with Crippen molar-refractivity contribution in [2.45, 2.75) is 20.4 Å². The lowest BCUT2D eigenvalue weighted by Gasteiger charge is -2.17. The molecule has 7 heteroatoms. The van der Waals surface area contributed by atoms with Crippen LogP contribution < -0.4 is 10.9 Å². The zero-order valence-electron chi connectivity index (χ0n) is 18.7. The lowest BCUT2D eigenvalue weighted by molar-refractivity contribution is 0.101. The van der Waals surface area contributed by atoms with Crippen LogP contribution in [0.2, 0.25) is 5.02 Å². The van der Waals surface area contributed by atoms with Crippen molar-refractivity contribution in [2.24, 2.45) is 0 Å². The van der Waals surface area contributed by atoms with Crippen molar-refractivity contribution in [3.05, 3.63) is 105 Å². The second-order valence-corrected chi connectivity index (χ2v) is 8.06. The van der Waals surface area contributed by atoms with E-state index >= 15 is 0 Å². The van der Waals surface area contributed by atoms with Gasteiger partial charge in [0, 0.05) is 23.2 Å². The molecule has 0 saturated heterocycles. The number of hydrogen-bond donors (Lipinski definition) is 1. The van der Waals surface area contributed by atoms with Crippen molar-refractivity contribution in [2.75, 3.05) is 5.32 Å². The number of carbonyl (C=O) groups is 2. The Morgan fingerprint density at radius 2 is 1.56 bits per heavy atom. The van der Waals surface area contributed by atoms with Gasteiger partial charge >= 0.3 is 0 Å². The van der Waals surface area contributed by atoms with Crippen molar-refractivity contribution < 1.29 is 9.59 Å². The number of aryl methyl sites for hydroxylation is 1. The second kappa shape index (κ2) is 9.85. The van der Waals surface area contributed by atoms with Crippen LogP contribution in [-0.4, -0.2) is 21.5 Å². The molecule has 6 nitrogen and oxygen atoms in total. The van der Waals surface area contributed by atoms with Gasteiger partial charge in [0.1, 0.15) is 5.56 Å². The highest BCUT2D eigenvalue weighted by Crippen LogP contribution is 2.33. The fourth-order valence-corrected chi connectivity index (χ4v) is 3.87. The Bertz CT molecular complexity index is 1430. The Balaban J connectivity index is 1.96. The molecule has 170 valence electrons. The molecule has 4 aromatic rings. The molecule has 0 bridgehead atoms. The average Bonchev–Trinajstić information content (AvgIpc) is 2.85. The third-order valence-corrected chi connectivity index (χ3v) is 5.74. The summed E-state index contributed by atoms with van der Waals surface area (Å²) < 4.78 is 1.28. The first-order valence-electron chi connectivity index (χ1n) is 10.8. The molecule has 34 heavy (non-hydrogen) atoms. The minimum absolute atomic E-state index is 0.0498. The van der Waals surface area contributed by atoms with Crippen LogP contribution in [0.25, 0.3) is 22.4 Å². The number of Topliss-reactive ketones (excluding diaryl/α,β-unsaturated/α-hetero) is 1. The number of amides is 1. The Hall–Kier alpha value is -4.03. The molecule has 0 spiro atoms. The molecule has 0 aliphatic heterocycles. The molecule has 0 aliphatic carbocycles. The van der Waals surface area contributed by atoms with Crippen molar-refractivity contribution in [1.82, 2.24) is 9.78 Å². The maximum absolute atomic E-state index is 13.6. The largest absolute Gasteiger partial charge is 0.320 e. The van der Waals surface area contributed by atoms with E-state index in [1.54, 1.807) is 13.0 Å². The molecule has 1 aromatic heterocycles. The van der Waals surface area contributed by atoms with E-state index < -0.39 is 11.5 Å². The molecular formula is C27H22ClN3O3. The number of ketones is 1. The summed E-state index contributed by atoms with van der Waals surface area (Å²) in [5.74, 6) is -0.797. The number of carbonyl (C=O) groups excluding carboxylic acids is 2. The van der Waals surface area contributed by atoms with Crippen molar-refractivity contribution in [1.29, 1.82) is 0 Å². The number of hydrogen-bond acceptors (Lipinski definition) is 4. The van der Waals surface area contributed by atoms with Gasteiger partial charge < -0.3 is 5.32 Å². The van der Waals surface area contributed by atoms with Crippen molar-refractivity contribution >= 4 is 29.0 Å². The summed E-state index contributed by atoms with van der Waals surface area (Å²) in [5.41, 5.74) is 2.48. The quantitative estimate of drug-likeness (QED) is 0.365. The van der Waals surface area contributed by atoms with E-state index in [0.29, 0.717) is 22.4 Å². The third-order valence-electron chi connectivity index (χ3n) is 5.41. The van der Waals surface area contributed by atoms with Gasteiger partial charge in [0.25, 0.3) is 11.5 Å². The summed E-state index contributed by atoms with van der Waals surface area (Å²) in [5, 5.41) is 7.59. The van der Waals surface area contributed by atoms with Crippen LogP contribution >= 0.6 is 11.6 Å². The van der Waals surface area contributed by atoms with Crippen molar-refractivity contribution in [3.8, 4) is 22.4 Å². The van der Waals surface area contributed by atoms with E-state index in [2.05, 4.69) is 10.4 Å². The number of nitrogens with zero attached hydrogens (tertiary/aromatic N) is 2. The second-order valence-electron chi connectivity index (χ2n) is 7.66. The summed E-state index contributed by atoms with van der Waals surface area (Å²) in [6.07, 6.45) is 0. The molecule has 1 N–H and O–H groups in total. The first kappa shape index (κ1) is 23.1. The van der Waals surface area contributed by atoms with Crippen LogP contribution in [-0.2, 0) is 6.54 Å². The zero-order chi connectivity index (χ0) is 24.2. The highest BCUT2D eigenvalue weighted by molar-refractivity contribution is 6.34. The standard InChI is InChI=1S/C27H22ClN3O3/c1-3-31-27(34)24(26(33)29-22-16-20(17(2)32)14-15-21(22)28)23(18-10-6-4-7-11-18)25(30-31)19-12-8-5-9-13-19/h4-16H,3H2,1-2H3,(H,29,33). The van der Waals surface area contributed by atoms with Gasteiger partial charge in [-0.3, -0.25) is 14.4 Å². The van der Waals surface area contributed by atoms with Gasteiger partial charge in [0.15, 0.2) is 5.78 Å². The minimum atomic E-state index is -0.631. The Labute approximate surface area is 201 Å². The predicted octanol–water partition coefficient (Wildman–Crippen LogP) is 5.71. The molecule has 4 rings (SSSR count). The first-order valence-corrected chi connectivity index (χ1v) is 11.2. The van der Waals surface area contributed by atoms with Gasteiger partial charge in [0.2, 0.25) is 0 Å². The summed E-state index contributed by atoms with van der Waals surface area (Å²) in [4.78, 5) is 38.9. The van der Waals surface area contributed by atoms with E-state index in [0.717, 1.165) is 5.56 Å². The lowest BCUT2D eigenvalue weighted by atomic mass is 9.95. The molecule has 0 radical (unpaired) electrons. The summed E-state index contributed by atoms with van der Waals surface area (Å²) in [6.45, 7) is 3.51. The zero-order valence-corrected chi connectivity index (χ0v) is 19.5. The minimum Gasteiger partial charge on any atom is -0.320 e. The summed E-state index contributed by atoms with van der Waals surface area (Å²) in [7, 11) is 0. The van der Waals surface area contributed by atoms with Crippen LogP contribution in [0.5, 0.6) is 0 Å². The van der Waals surface area contributed by atoms with Crippen molar-refractivity contribution in [3.63, 3.8) is 0 Å². The fourth-order valence-electron chi connectivity index (χ4n) is 3.70. The molecule has 3 aromatic carbocycles. The van der Waals surface area contributed by atoms with Crippen LogP contribution in [0.1, 0.15) is 34.6 Å². The number of anilines is 1. The van der Waals surface area contributed by atoms with E-state index in [9.17, 15) is 14.4 Å². The topological polar surface area (TPSA) is 81.1 Å². The predicted molar refractivity (Wildman–Crippen MR) is 134 cm³/mol. The van der Waals surface area contributed by atoms with Crippen LogP contribution in [0, 0.1) is 0 Å². The molecule has 0 atom stereocenters. The molecule has 0 saturated carbocycles. The Morgan fingerprint density at radius 3 is 2.15 bits per heavy atom.